The fourth-order valence-corrected chi connectivity index (χ4v) is 3.19. The van der Waals surface area contributed by atoms with Gasteiger partial charge in [-0.05, 0) is 27.7 Å². The molecule has 178 valence electrons. The Morgan fingerprint density at radius 2 is 1.75 bits per heavy atom. The Bertz CT molecular complexity index is 770. The lowest BCUT2D eigenvalue weighted by Crippen LogP contribution is -2.58. The first-order valence-electron chi connectivity index (χ1n) is 10.4. The van der Waals surface area contributed by atoms with Crippen LogP contribution in [0, 0.1) is 0 Å². The van der Waals surface area contributed by atoms with Crippen LogP contribution in [0.5, 0.6) is 0 Å². The molecule has 0 N–H and O–H groups in total. The number of hydrogen-bond acceptors (Lipinski definition) is 9. The summed E-state index contributed by atoms with van der Waals surface area (Å²) in [6, 6.07) is 0. The summed E-state index contributed by atoms with van der Waals surface area (Å²) < 4.78 is 15.8. The monoisotopic (exact) mass is 453 g/mol. The molecule has 2 rings (SSSR count). The molecule has 2 unspecified atom stereocenters. The van der Waals surface area contributed by atoms with E-state index in [9.17, 15) is 24.0 Å². The third-order valence-electron chi connectivity index (χ3n) is 4.93. The molecule has 1 saturated heterocycles. The Morgan fingerprint density at radius 3 is 2.31 bits per heavy atom. The van der Waals surface area contributed by atoms with Crippen molar-refractivity contribution >= 4 is 29.7 Å². The van der Waals surface area contributed by atoms with Crippen molar-refractivity contribution in [3.05, 3.63) is 12.2 Å². The van der Waals surface area contributed by atoms with Crippen LogP contribution in [0.3, 0.4) is 0 Å². The molecular weight excluding hydrogens is 422 g/mol. The Kier molecular flexibility index (Phi) is 8.51. The van der Waals surface area contributed by atoms with Crippen LogP contribution in [-0.4, -0.2) is 102 Å². The van der Waals surface area contributed by atoms with E-state index in [-0.39, 0.29) is 45.1 Å². The molecule has 32 heavy (non-hydrogen) atoms. The number of carbonyl (C=O) groups excluding carboxylic acids is 5. The Morgan fingerprint density at radius 1 is 1.12 bits per heavy atom. The van der Waals surface area contributed by atoms with E-state index in [1.807, 2.05) is 0 Å². The highest BCUT2D eigenvalue weighted by molar-refractivity contribution is 6.13. The van der Waals surface area contributed by atoms with Crippen LogP contribution in [-0.2, 0) is 38.2 Å². The maximum absolute atomic E-state index is 12.7. The van der Waals surface area contributed by atoms with E-state index < -0.39 is 41.7 Å². The van der Waals surface area contributed by atoms with E-state index in [1.54, 1.807) is 25.7 Å². The second kappa shape index (κ2) is 10.7. The van der Waals surface area contributed by atoms with E-state index in [4.69, 9.17) is 14.2 Å². The van der Waals surface area contributed by atoms with Gasteiger partial charge < -0.3 is 19.1 Å². The molecule has 0 bridgehead atoms. The maximum Gasteiger partial charge on any atom is 0.336 e. The number of nitrogens with zero attached hydrogens (tertiary/aromatic N) is 3. The van der Waals surface area contributed by atoms with E-state index in [0.717, 1.165) is 17.1 Å². The molecule has 2 heterocycles. The highest BCUT2D eigenvalue weighted by Crippen LogP contribution is 2.16. The number of hydrogen-bond donors (Lipinski definition) is 0. The normalized spacial score (nSPS) is 20.5. The molecule has 2 atom stereocenters. The fraction of sp³-hybridized carbons (Fsp3) is 0.667. The molecule has 3 amide bonds. The number of methoxy groups -OCH3 is 1. The summed E-state index contributed by atoms with van der Waals surface area (Å²) in [7, 11) is 1.37. The molecule has 0 aromatic rings. The first-order chi connectivity index (χ1) is 14.9. The zero-order valence-corrected chi connectivity index (χ0v) is 19.2. The first-order valence-corrected chi connectivity index (χ1v) is 10.4. The van der Waals surface area contributed by atoms with Crippen LogP contribution in [0.4, 0.5) is 0 Å². The zero-order chi connectivity index (χ0) is 24.1. The second-order valence-corrected chi connectivity index (χ2v) is 8.58. The molecule has 0 radical (unpaired) electrons. The number of esters is 2. The number of ether oxygens (including phenoxy) is 3. The predicted octanol–water partition coefficient (Wildman–Crippen LogP) is -0.308. The summed E-state index contributed by atoms with van der Waals surface area (Å²) in [6.45, 7) is 7.24. The van der Waals surface area contributed by atoms with Crippen LogP contribution in [0.25, 0.3) is 0 Å². The molecule has 0 spiro atoms. The molecule has 1 fully saturated rings. The van der Waals surface area contributed by atoms with Crippen LogP contribution in [0.2, 0.25) is 0 Å². The molecule has 2 aliphatic heterocycles. The molecule has 0 aromatic carbocycles. The molecule has 0 aromatic heterocycles. The van der Waals surface area contributed by atoms with E-state index >= 15 is 0 Å². The van der Waals surface area contributed by atoms with Gasteiger partial charge in [-0.1, -0.05) is 0 Å². The van der Waals surface area contributed by atoms with Gasteiger partial charge in [0.2, 0.25) is 5.91 Å². The highest BCUT2D eigenvalue weighted by atomic mass is 16.6. The smallest absolute Gasteiger partial charge is 0.336 e. The Labute approximate surface area is 187 Å². The van der Waals surface area contributed by atoms with Gasteiger partial charge in [0.15, 0.2) is 12.3 Å². The lowest BCUT2D eigenvalue weighted by molar-refractivity contribution is -0.183. The molecule has 0 saturated carbocycles. The highest BCUT2D eigenvalue weighted by Gasteiger charge is 2.35. The van der Waals surface area contributed by atoms with Gasteiger partial charge in [0.05, 0.1) is 13.1 Å². The van der Waals surface area contributed by atoms with Crippen molar-refractivity contribution in [2.45, 2.75) is 52.0 Å². The molecule has 11 heteroatoms. The summed E-state index contributed by atoms with van der Waals surface area (Å²) in [4.78, 5) is 64.7. The van der Waals surface area contributed by atoms with Crippen molar-refractivity contribution in [3.63, 3.8) is 0 Å². The summed E-state index contributed by atoms with van der Waals surface area (Å²) in [5.74, 6) is -2.30. The minimum absolute atomic E-state index is 0.0317. The van der Waals surface area contributed by atoms with E-state index in [2.05, 4.69) is 0 Å². The third kappa shape index (κ3) is 7.13. The molecular formula is C21H31N3O8. The molecule has 2 aliphatic rings. The van der Waals surface area contributed by atoms with Gasteiger partial charge in [0.1, 0.15) is 5.60 Å². The average molecular weight is 453 g/mol. The maximum atomic E-state index is 12.7. The van der Waals surface area contributed by atoms with Gasteiger partial charge in [-0.2, -0.15) is 0 Å². The number of carbonyl (C=O) groups is 5. The minimum atomic E-state index is -0.873. The zero-order valence-electron chi connectivity index (χ0n) is 19.2. The van der Waals surface area contributed by atoms with Crippen molar-refractivity contribution in [2.24, 2.45) is 0 Å². The number of amides is 3. The average Bonchev–Trinajstić information content (AvgIpc) is 3.02. The lowest BCUT2D eigenvalue weighted by atomic mass is 10.2. The Balaban J connectivity index is 2.01. The van der Waals surface area contributed by atoms with Crippen molar-refractivity contribution in [1.29, 1.82) is 0 Å². The van der Waals surface area contributed by atoms with E-state index in [1.165, 1.54) is 18.9 Å². The predicted molar refractivity (Wildman–Crippen MR) is 111 cm³/mol. The van der Waals surface area contributed by atoms with E-state index in [0.29, 0.717) is 0 Å². The lowest BCUT2D eigenvalue weighted by Gasteiger charge is -2.40. The summed E-state index contributed by atoms with van der Waals surface area (Å²) in [5, 5.41) is 0. The Hall–Kier alpha value is -2.79. The third-order valence-corrected chi connectivity index (χ3v) is 4.93. The molecule has 11 nitrogen and oxygen atoms in total. The van der Waals surface area contributed by atoms with Gasteiger partial charge in [-0.15, -0.1) is 0 Å². The van der Waals surface area contributed by atoms with Crippen molar-refractivity contribution < 1.29 is 38.2 Å². The minimum Gasteiger partial charge on any atom is -0.459 e. The standard InChI is InChI=1S/C21H31N3O8/c1-14(30-5)20(29)31-18-12-22(10-11-23(18)13-19(28)32-21(2,3)4)15(25)8-9-24-16(26)6-7-17(24)27/h6-7,14,18H,8-13H2,1-5H3. The van der Waals surface area contributed by atoms with Gasteiger partial charge in [-0.25, -0.2) is 4.79 Å². The van der Waals surface area contributed by atoms with Gasteiger partial charge in [0, 0.05) is 45.3 Å². The van der Waals surface area contributed by atoms with Crippen LogP contribution in [0.1, 0.15) is 34.1 Å². The number of piperazine rings is 1. The topological polar surface area (TPSA) is 123 Å². The van der Waals surface area contributed by atoms with Gasteiger partial charge in [-0.3, -0.25) is 29.0 Å². The van der Waals surface area contributed by atoms with Gasteiger partial charge in [0.25, 0.3) is 11.8 Å². The van der Waals surface area contributed by atoms with Gasteiger partial charge >= 0.3 is 11.9 Å². The van der Waals surface area contributed by atoms with Crippen LogP contribution < -0.4 is 0 Å². The van der Waals surface area contributed by atoms with Crippen LogP contribution >= 0.6 is 0 Å². The summed E-state index contributed by atoms with van der Waals surface area (Å²) in [6.07, 6.45) is 0.579. The SMILES string of the molecule is COC(C)C(=O)OC1CN(C(=O)CCN2C(=O)C=CC2=O)CCN1CC(=O)OC(C)(C)C. The second-order valence-electron chi connectivity index (χ2n) is 8.58. The van der Waals surface area contributed by atoms with Crippen molar-refractivity contribution in [3.8, 4) is 0 Å². The summed E-state index contributed by atoms with van der Waals surface area (Å²) in [5.41, 5.74) is -0.662. The largest absolute Gasteiger partial charge is 0.459 e. The van der Waals surface area contributed by atoms with Crippen molar-refractivity contribution in [2.75, 3.05) is 39.8 Å². The number of imide groups is 1. The van der Waals surface area contributed by atoms with Crippen molar-refractivity contribution in [1.82, 2.24) is 14.7 Å². The quantitative estimate of drug-likeness (QED) is 0.360. The fourth-order valence-electron chi connectivity index (χ4n) is 3.19. The molecule has 0 aliphatic carbocycles. The first kappa shape index (κ1) is 25.5. The van der Waals surface area contributed by atoms with Crippen LogP contribution in [0.15, 0.2) is 12.2 Å². The summed E-state index contributed by atoms with van der Waals surface area (Å²) >= 11 is 0. The number of rotatable bonds is 8.